The molecule has 0 saturated carbocycles. The van der Waals surface area contributed by atoms with Crippen LogP contribution in [0.5, 0.6) is 0 Å². The quantitative estimate of drug-likeness (QED) is 0.842. The van der Waals surface area contributed by atoms with Crippen molar-refractivity contribution in [2.24, 2.45) is 0 Å². The normalized spacial score (nSPS) is 11.3. The fourth-order valence-corrected chi connectivity index (χ4v) is 1.91. The molecule has 0 saturated heterocycles. The summed E-state index contributed by atoms with van der Waals surface area (Å²) in [5.41, 5.74) is 9.89. The highest BCUT2D eigenvalue weighted by Gasteiger charge is 2.17. The molecule has 94 valence electrons. The van der Waals surface area contributed by atoms with Crippen molar-refractivity contribution in [2.45, 2.75) is 26.2 Å². The molecule has 1 heterocycles. The predicted molar refractivity (Wildman–Crippen MR) is 77.1 cm³/mol. The van der Waals surface area contributed by atoms with Gasteiger partial charge in [-0.2, -0.15) is 0 Å². The van der Waals surface area contributed by atoms with Crippen molar-refractivity contribution in [1.82, 2.24) is 4.98 Å². The minimum atomic E-state index is 0.0887. The molecule has 1 aromatic carbocycles. The van der Waals surface area contributed by atoms with Crippen molar-refractivity contribution in [1.29, 1.82) is 0 Å². The van der Waals surface area contributed by atoms with Gasteiger partial charge in [0.15, 0.2) is 0 Å². The highest BCUT2D eigenvalue weighted by molar-refractivity contribution is 5.73. The number of benzene rings is 1. The molecular formula is C15H19N3. The highest BCUT2D eigenvalue weighted by Crippen LogP contribution is 2.32. The van der Waals surface area contributed by atoms with Gasteiger partial charge in [-0.25, -0.2) is 0 Å². The molecule has 0 spiro atoms. The highest BCUT2D eigenvalue weighted by atomic mass is 14.9. The van der Waals surface area contributed by atoms with E-state index in [-0.39, 0.29) is 5.41 Å². The zero-order chi connectivity index (χ0) is 13.2. The van der Waals surface area contributed by atoms with E-state index in [1.165, 1.54) is 5.56 Å². The van der Waals surface area contributed by atoms with E-state index >= 15 is 0 Å². The minimum Gasteiger partial charge on any atom is -0.396 e. The van der Waals surface area contributed by atoms with Crippen LogP contribution in [0.15, 0.2) is 42.7 Å². The lowest BCUT2D eigenvalue weighted by Gasteiger charge is -2.23. The Labute approximate surface area is 108 Å². The van der Waals surface area contributed by atoms with Gasteiger partial charge in [-0.05, 0) is 23.1 Å². The van der Waals surface area contributed by atoms with E-state index in [2.05, 4.69) is 49.3 Å². The number of nitrogens with two attached hydrogens (primary N) is 1. The van der Waals surface area contributed by atoms with E-state index in [0.717, 1.165) is 11.4 Å². The predicted octanol–water partition coefficient (Wildman–Crippen LogP) is 3.70. The SMILES string of the molecule is CC(C)(C)c1ccccc1Nc1ccncc1N. The molecule has 18 heavy (non-hydrogen) atoms. The van der Waals surface area contributed by atoms with Crippen LogP contribution >= 0.6 is 0 Å². The third-order valence-electron chi connectivity index (χ3n) is 2.86. The average molecular weight is 241 g/mol. The maximum Gasteiger partial charge on any atom is 0.0739 e. The first-order chi connectivity index (χ1) is 8.48. The van der Waals surface area contributed by atoms with Crippen molar-refractivity contribution < 1.29 is 0 Å². The Morgan fingerprint density at radius 3 is 2.44 bits per heavy atom. The molecule has 2 aromatic rings. The summed E-state index contributed by atoms with van der Waals surface area (Å²) in [5, 5.41) is 3.38. The number of nitrogen functional groups attached to an aromatic ring is 1. The molecule has 0 atom stereocenters. The summed E-state index contributed by atoms with van der Waals surface area (Å²) in [6.07, 6.45) is 3.39. The van der Waals surface area contributed by atoms with Crippen LogP contribution in [-0.2, 0) is 5.41 Å². The molecular weight excluding hydrogens is 222 g/mol. The summed E-state index contributed by atoms with van der Waals surface area (Å²) in [4.78, 5) is 3.99. The van der Waals surface area contributed by atoms with Crippen LogP contribution in [0, 0.1) is 0 Å². The Morgan fingerprint density at radius 2 is 1.78 bits per heavy atom. The van der Waals surface area contributed by atoms with Crippen LogP contribution in [0.2, 0.25) is 0 Å². The van der Waals surface area contributed by atoms with Gasteiger partial charge in [-0.15, -0.1) is 0 Å². The fourth-order valence-electron chi connectivity index (χ4n) is 1.91. The zero-order valence-corrected chi connectivity index (χ0v) is 11.1. The number of anilines is 3. The molecule has 3 nitrogen and oxygen atoms in total. The van der Waals surface area contributed by atoms with Gasteiger partial charge in [0.1, 0.15) is 0 Å². The molecule has 0 radical (unpaired) electrons. The Kier molecular flexibility index (Phi) is 3.24. The van der Waals surface area contributed by atoms with Gasteiger partial charge in [0.25, 0.3) is 0 Å². The van der Waals surface area contributed by atoms with Gasteiger partial charge >= 0.3 is 0 Å². The van der Waals surface area contributed by atoms with Crippen molar-refractivity contribution in [2.75, 3.05) is 11.1 Å². The van der Waals surface area contributed by atoms with Gasteiger partial charge in [-0.3, -0.25) is 4.98 Å². The zero-order valence-electron chi connectivity index (χ0n) is 11.1. The lowest BCUT2D eigenvalue weighted by atomic mass is 9.86. The van der Waals surface area contributed by atoms with Crippen molar-refractivity contribution in [3.8, 4) is 0 Å². The molecule has 2 rings (SSSR count). The maximum atomic E-state index is 5.90. The van der Waals surface area contributed by atoms with Crippen molar-refractivity contribution >= 4 is 17.1 Å². The molecule has 0 amide bonds. The lowest BCUT2D eigenvalue weighted by Crippen LogP contribution is -2.13. The number of pyridine rings is 1. The third kappa shape index (κ3) is 2.62. The number of nitrogens with zero attached hydrogens (tertiary/aromatic N) is 1. The Bertz CT molecular complexity index is 541. The number of hydrogen-bond donors (Lipinski definition) is 2. The van der Waals surface area contributed by atoms with E-state index in [4.69, 9.17) is 5.73 Å². The Morgan fingerprint density at radius 1 is 1.06 bits per heavy atom. The van der Waals surface area contributed by atoms with Crippen molar-refractivity contribution in [3.63, 3.8) is 0 Å². The van der Waals surface area contributed by atoms with E-state index in [9.17, 15) is 0 Å². The molecule has 0 unspecified atom stereocenters. The van der Waals surface area contributed by atoms with Gasteiger partial charge < -0.3 is 11.1 Å². The van der Waals surface area contributed by atoms with Gasteiger partial charge in [0.05, 0.1) is 17.6 Å². The fraction of sp³-hybridized carbons (Fsp3) is 0.267. The Balaban J connectivity index is 2.39. The van der Waals surface area contributed by atoms with Gasteiger partial charge in [0.2, 0.25) is 0 Å². The van der Waals surface area contributed by atoms with Crippen molar-refractivity contribution in [3.05, 3.63) is 48.3 Å². The molecule has 0 aliphatic rings. The van der Waals surface area contributed by atoms with E-state index < -0.39 is 0 Å². The summed E-state index contributed by atoms with van der Waals surface area (Å²) in [6.45, 7) is 6.59. The maximum absolute atomic E-state index is 5.90. The van der Waals surface area contributed by atoms with Crippen LogP contribution in [0.25, 0.3) is 0 Å². The Hall–Kier alpha value is -2.03. The summed E-state index contributed by atoms with van der Waals surface area (Å²) >= 11 is 0. The minimum absolute atomic E-state index is 0.0887. The monoisotopic (exact) mass is 241 g/mol. The molecule has 3 N–H and O–H groups in total. The van der Waals surface area contributed by atoms with Gasteiger partial charge in [0, 0.05) is 11.9 Å². The molecule has 0 fully saturated rings. The molecule has 0 bridgehead atoms. The molecule has 0 aliphatic carbocycles. The topological polar surface area (TPSA) is 50.9 Å². The first kappa shape index (κ1) is 12.4. The van der Waals surface area contributed by atoms with Crippen LogP contribution in [0.3, 0.4) is 0 Å². The molecule has 0 aliphatic heterocycles. The molecule has 1 aromatic heterocycles. The first-order valence-corrected chi connectivity index (χ1v) is 6.04. The first-order valence-electron chi connectivity index (χ1n) is 6.04. The number of hydrogen-bond acceptors (Lipinski definition) is 3. The number of aromatic nitrogens is 1. The van der Waals surface area contributed by atoms with Crippen LogP contribution in [-0.4, -0.2) is 4.98 Å². The average Bonchev–Trinajstić information content (AvgIpc) is 2.31. The number of nitrogens with one attached hydrogen (secondary N) is 1. The van der Waals surface area contributed by atoms with Crippen LogP contribution < -0.4 is 11.1 Å². The van der Waals surface area contributed by atoms with Gasteiger partial charge in [-0.1, -0.05) is 39.0 Å². The van der Waals surface area contributed by atoms with E-state index in [0.29, 0.717) is 5.69 Å². The molecule has 3 heteroatoms. The summed E-state index contributed by atoms with van der Waals surface area (Å²) in [7, 11) is 0. The summed E-state index contributed by atoms with van der Waals surface area (Å²) in [6, 6.07) is 10.2. The number of rotatable bonds is 2. The second-order valence-electron chi connectivity index (χ2n) is 5.38. The number of para-hydroxylation sites is 1. The largest absolute Gasteiger partial charge is 0.396 e. The van der Waals surface area contributed by atoms with E-state index in [1.54, 1.807) is 12.4 Å². The van der Waals surface area contributed by atoms with Crippen LogP contribution in [0.4, 0.5) is 17.1 Å². The second kappa shape index (κ2) is 4.69. The lowest BCUT2D eigenvalue weighted by molar-refractivity contribution is 0.592. The smallest absolute Gasteiger partial charge is 0.0739 e. The third-order valence-corrected chi connectivity index (χ3v) is 2.86. The standard InChI is InChI=1S/C15H19N3/c1-15(2,3)11-6-4-5-7-13(11)18-14-8-9-17-10-12(14)16/h4-10H,16H2,1-3H3,(H,17,18). The van der Waals surface area contributed by atoms with Crippen LogP contribution in [0.1, 0.15) is 26.3 Å². The van der Waals surface area contributed by atoms with E-state index in [1.807, 2.05) is 12.1 Å². The second-order valence-corrected chi connectivity index (χ2v) is 5.38. The summed E-state index contributed by atoms with van der Waals surface area (Å²) in [5.74, 6) is 0. The summed E-state index contributed by atoms with van der Waals surface area (Å²) < 4.78 is 0.